The summed E-state index contributed by atoms with van der Waals surface area (Å²) in [7, 11) is -4.17. The number of hydrazone groups is 1. The number of hydrogen-bond acceptors (Lipinski definition) is 5. The van der Waals surface area contributed by atoms with Crippen LogP contribution >= 0.6 is 0 Å². The third kappa shape index (κ3) is 4.81. The van der Waals surface area contributed by atoms with E-state index in [1.807, 2.05) is 139 Å². The third-order valence-corrected chi connectivity index (χ3v) is 9.23. The number of rotatable bonds is 6. The molecule has 0 saturated heterocycles. The van der Waals surface area contributed by atoms with Crippen LogP contribution in [0.4, 0.5) is 5.69 Å². The predicted octanol–water partition coefficient (Wildman–Crippen LogP) is 7.60. The van der Waals surface area contributed by atoms with E-state index in [1.54, 1.807) is 24.3 Å². The zero-order chi connectivity index (χ0) is 30.1. The Hall–Kier alpha value is -5.27. The Labute approximate surface area is 257 Å². The number of para-hydroxylation sites is 1. The molecule has 0 aromatic heterocycles. The van der Waals surface area contributed by atoms with Crippen LogP contribution in [0.15, 0.2) is 166 Å². The Morgan fingerprint density at radius 1 is 0.705 bits per heavy atom. The number of ether oxygens (including phenoxy) is 1. The summed E-state index contributed by atoms with van der Waals surface area (Å²) in [6.07, 6.45) is 1.98. The molecule has 7 rings (SSSR count). The summed E-state index contributed by atoms with van der Waals surface area (Å²) >= 11 is 0. The smallest absolute Gasteiger partial charge is 0.285 e. The van der Waals surface area contributed by atoms with Gasteiger partial charge >= 0.3 is 0 Å². The van der Waals surface area contributed by atoms with Crippen molar-refractivity contribution in [1.29, 1.82) is 0 Å². The van der Waals surface area contributed by atoms with Crippen molar-refractivity contribution in [2.24, 2.45) is 9.50 Å². The van der Waals surface area contributed by atoms with Crippen molar-refractivity contribution in [3.05, 3.63) is 174 Å². The number of hydrogen-bond donors (Lipinski definition) is 0. The van der Waals surface area contributed by atoms with Crippen molar-refractivity contribution < 1.29 is 13.2 Å². The van der Waals surface area contributed by atoms with Gasteiger partial charge in [-0.1, -0.05) is 127 Å². The van der Waals surface area contributed by atoms with Gasteiger partial charge in [-0.15, -0.1) is 4.40 Å². The van der Waals surface area contributed by atoms with Crippen molar-refractivity contribution >= 4 is 33.1 Å². The molecule has 0 aliphatic carbocycles. The Morgan fingerprint density at radius 3 is 1.86 bits per heavy atom. The molecule has 0 bridgehead atoms. The minimum atomic E-state index is -4.17. The first-order valence-electron chi connectivity index (χ1n) is 14.4. The highest BCUT2D eigenvalue weighted by Gasteiger charge is 2.60. The average molecular weight is 596 g/mol. The van der Waals surface area contributed by atoms with E-state index in [1.165, 1.54) is 0 Å². The van der Waals surface area contributed by atoms with Crippen molar-refractivity contribution in [2.45, 2.75) is 23.3 Å². The predicted molar refractivity (Wildman–Crippen MR) is 175 cm³/mol. The summed E-state index contributed by atoms with van der Waals surface area (Å²) in [6.45, 7) is 1.91. The second-order valence-electron chi connectivity index (χ2n) is 10.8. The summed E-state index contributed by atoms with van der Waals surface area (Å²) in [5, 5.41) is 7.13. The molecule has 5 aromatic carbocycles. The summed E-state index contributed by atoms with van der Waals surface area (Å²) in [6, 6.07) is 46.1. The number of anilines is 1. The maximum Gasteiger partial charge on any atom is 0.285 e. The van der Waals surface area contributed by atoms with Crippen molar-refractivity contribution in [1.82, 2.24) is 0 Å². The molecule has 7 heteroatoms. The van der Waals surface area contributed by atoms with Gasteiger partial charge in [0.2, 0.25) is 5.90 Å². The first-order chi connectivity index (χ1) is 21.5. The summed E-state index contributed by atoms with van der Waals surface area (Å²) in [5.41, 5.74) is 3.91. The summed E-state index contributed by atoms with van der Waals surface area (Å²) in [4.78, 5) is 0.0900. The highest BCUT2D eigenvalue weighted by Crippen LogP contribution is 2.51. The molecule has 44 heavy (non-hydrogen) atoms. The van der Waals surface area contributed by atoms with E-state index in [0.717, 1.165) is 33.7 Å². The molecule has 0 radical (unpaired) electrons. The van der Waals surface area contributed by atoms with E-state index in [9.17, 15) is 8.42 Å². The van der Waals surface area contributed by atoms with Crippen LogP contribution in [0, 0.1) is 6.92 Å². The van der Waals surface area contributed by atoms with E-state index in [4.69, 9.17) is 9.84 Å². The lowest BCUT2D eigenvalue weighted by Crippen LogP contribution is -2.51. The average Bonchev–Trinajstić information content (AvgIpc) is 3.61. The Kier molecular flexibility index (Phi) is 6.95. The Morgan fingerprint density at radius 2 is 1.25 bits per heavy atom. The van der Waals surface area contributed by atoms with Gasteiger partial charge in [-0.25, -0.2) is 5.01 Å². The molecular weight excluding hydrogens is 566 g/mol. The molecule has 2 aliphatic rings. The standard InChI is InChI=1S/C37H29N3O3S/c1-27-22-24-32(25-23-27)44(41,42)39-36-37(26-33(43-36)28-14-6-2-7-15-28)34(29-16-8-3-9-17-29)35(30-18-10-4-11-19-30)38-40(37)31-20-12-5-13-21-31/h2-26,34H,1H3. The molecule has 216 valence electrons. The number of benzene rings is 5. The molecule has 5 aromatic rings. The quantitative estimate of drug-likeness (QED) is 0.203. The first-order valence-corrected chi connectivity index (χ1v) is 15.8. The van der Waals surface area contributed by atoms with Crippen molar-refractivity contribution in [2.75, 3.05) is 5.01 Å². The van der Waals surface area contributed by atoms with Gasteiger partial charge in [0, 0.05) is 5.56 Å². The van der Waals surface area contributed by atoms with Gasteiger partial charge in [-0.2, -0.15) is 13.5 Å². The molecular formula is C37H29N3O3S. The molecule has 2 unspecified atom stereocenters. The van der Waals surface area contributed by atoms with Gasteiger partial charge in [-0.05, 0) is 48.4 Å². The van der Waals surface area contributed by atoms with Gasteiger partial charge in [0.05, 0.1) is 22.2 Å². The fourth-order valence-corrected chi connectivity index (χ4v) is 6.84. The molecule has 2 atom stereocenters. The number of aryl methyl sites for hydroxylation is 1. The maximum atomic E-state index is 14.0. The van der Waals surface area contributed by atoms with Crippen LogP contribution in [0.2, 0.25) is 0 Å². The zero-order valence-corrected chi connectivity index (χ0v) is 24.8. The molecule has 6 nitrogen and oxygen atoms in total. The number of nitrogens with zero attached hydrogens (tertiary/aromatic N) is 3. The SMILES string of the molecule is Cc1ccc(S(=O)(=O)N=C2OC(c3ccccc3)=CC23C(c2ccccc2)C(c2ccccc2)=NN3c2ccccc2)cc1. The van der Waals surface area contributed by atoms with Crippen LogP contribution in [0.25, 0.3) is 5.76 Å². The Balaban J connectivity index is 1.54. The second-order valence-corrected chi connectivity index (χ2v) is 12.4. The van der Waals surface area contributed by atoms with Crippen LogP contribution in [0.1, 0.15) is 28.2 Å². The van der Waals surface area contributed by atoms with Gasteiger partial charge in [0.1, 0.15) is 5.76 Å². The van der Waals surface area contributed by atoms with Crippen LogP contribution in [-0.4, -0.2) is 25.6 Å². The highest BCUT2D eigenvalue weighted by molar-refractivity contribution is 7.90. The summed E-state index contributed by atoms with van der Waals surface area (Å²) < 4.78 is 39.0. The number of sulfonamides is 1. The fourth-order valence-electron chi connectivity index (χ4n) is 5.85. The van der Waals surface area contributed by atoms with E-state index in [-0.39, 0.29) is 10.8 Å². The fraction of sp³-hybridized carbons (Fsp3) is 0.0811. The van der Waals surface area contributed by atoms with E-state index < -0.39 is 21.5 Å². The van der Waals surface area contributed by atoms with E-state index in [2.05, 4.69) is 4.40 Å². The maximum absolute atomic E-state index is 14.0. The molecule has 0 N–H and O–H groups in total. The molecule has 0 amide bonds. The van der Waals surface area contributed by atoms with Crippen molar-refractivity contribution in [3.8, 4) is 0 Å². The van der Waals surface area contributed by atoms with Crippen LogP contribution in [-0.2, 0) is 14.8 Å². The van der Waals surface area contributed by atoms with Gasteiger partial charge < -0.3 is 4.74 Å². The lowest BCUT2D eigenvalue weighted by molar-refractivity contribution is 0.474. The molecule has 1 spiro atoms. The van der Waals surface area contributed by atoms with Gasteiger partial charge in [0.25, 0.3) is 10.0 Å². The minimum absolute atomic E-state index is 0.0318. The molecule has 2 heterocycles. The molecule has 0 saturated carbocycles. The monoisotopic (exact) mass is 595 g/mol. The largest absolute Gasteiger partial charge is 0.439 e. The topological polar surface area (TPSA) is 71.3 Å². The van der Waals surface area contributed by atoms with Gasteiger partial charge in [0.15, 0.2) is 5.54 Å². The third-order valence-electron chi connectivity index (χ3n) is 7.96. The Bertz CT molecular complexity index is 1990. The minimum Gasteiger partial charge on any atom is -0.439 e. The van der Waals surface area contributed by atoms with E-state index >= 15 is 0 Å². The van der Waals surface area contributed by atoms with Crippen LogP contribution in [0.5, 0.6) is 0 Å². The first kappa shape index (κ1) is 27.6. The lowest BCUT2D eigenvalue weighted by Gasteiger charge is -2.36. The lowest BCUT2D eigenvalue weighted by atomic mass is 9.75. The van der Waals surface area contributed by atoms with Crippen LogP contribution < -0.4 is 5.01 Å². The van der Waals surface area contributed by atoms with E-state index in [0.29, 0.717) is 5.76 Å². The normalized spacial score (nSPS) is 20.4. The second kappa shape index (κ2) is 11.1. The van der Waals surface area contributed by atoms with Gasteiger partial charge in [-0.3, -0.25) is 0 Å². The summed E-state index contributed by atoms with van der Waals surface area (Å²) in [5.74, 6) is 0.0682. The zero-order valence-electron chi connectivity index (χ0n) is 24.0. The highest BCUT2D eigenvalue weighted by atomic mass is 32.2. The van der Waals surface area contributed by atoms with Crippen molar-refractivity contribution in [3.63, 3.8) is 0 Å². The molecule has 0 fully saturated rings. The van der Waals surface area contributed by atoms with Crippen LogP contribution in [0.3, 0.4) is 0 Å². The molecule has 2 aliphatic heterocycles.